The van der Waals surface area contributed by atoms with E-state index in [1.54, 1.807) is 0 Å². The maximum Gasteiger partial charge on any atom is 0.126 e. The Balaban J connectivity index is 2.13. The number of hydrogen-bond donors (Lipinski definition) is 1. The second kappa shape index (κ2) is 7.32. The number of aryl methyl sites for hydroxylation is 1. The smallest absolute Gasteiger partial charge is 0.126 e. The molecule has 3 heteroatoms. The van der Waals surface area contributed by atoms with Crippen LogP contribution in [0.2, 0.25) is 0 Å². The van der Waals surface area contributed by atoms with Crippen LogP contribution in [0.1, 0.15) is 23.6 Å². The Morgan fingerprint density at radius 3 is 2.57 bits per heavy atom. The van der Waals surface area contributed by atoms with Crippen molar-refractivity contribution in [2.75, 3.05) is 6.54 Å². The van der Waals surface area contributed by atoms with E-state index in [2.05, 4.69) is 30.4 Å². The maximum atomic E-state index is 13.8. The Morgan fingerprint density at radius 1 is 1.05 bits per heavy atom. The van der Waals surface area contributed by atoms with Crippen molar-refractivity contribution in [1.29, 1.82) is 0 Å². The monoisotopic (exact) mass is 289 g/mol. The van der Waals surface area contributed by atoms with E-state index in [4.69, 9.17) is 0 Å². The van der Waals surface area contributed by atoms with Crippen molar-refractivity contribution in [3.05, 3.63) is 70.8 Å². The lowest BCUT2D eigenvalue weighted by Gasteiger charge is -2.19. The molecule has 1 unspecified atom stereocenters. The first-order valence-electron chi connectivity index (χ1n) is 7.31. The summed E-state index contributed by atoms with van der Waals surface area (Å²) in [5, 5.41) is 3.36. The second-order valence-electron chi connectivity index (χ2n) is 5.39. The number of rotatable bonds is 6. The molecule has 0 amide bonds. The topological polar surface area (TPSA) is 12.0 Å². The van der Waals surface area contributed by atoms with Crippen LogP contribution >= 0.6 is 0 Å². The fourth-order valence-electron chi connectivity index (χ4n) is 2.59. The highest BCUT2D eigenvalue weighted by Crippen LogP contribution is 2.15. The molecular formula is C18H21F2N. The van der Waals surface area contributed by atoms with Gasteiger partial charge in [-0.05, 0) is 55.6 Å². The molecule has 2 aromatic rings. The Labute approximate surface area is 125 Å². The third-order valence-corrected chi connectivity index (χ3v) is 3.53. The van der Waals surface area contributed by atoms with E-state index in [1.165, 1.54) is 23.3 Å². The van der Waals surface area contributed by atoms with Gasteiger partial charge in [0, 0.05) is 6.04 Å². The third kappa shape index (κ3) is 4.64. The van der Waals surface area contributed by atoms with Crippen molar-refractivity contribution >= 4 is 0 Å². The lowest BCUT2D eigenvalue weighted by Crippen LogP contribution is -2.33. The predicted octanol–water partition coefficient (Wildman–Crippen LogP) is 4.04. The van der Waals surface area contributed by atoms with Crippen molar-refractivity contribution in [1.82, 2.24) is 5.32 Å². The molecule has 0 bridgehead atoms. The summed E-state index contributed by atoms with van der Waals surface area (Å²) in [6.07, 6.45) is 1.27. The molecule has 2 aromatic carbocycles. The molecule has 0 aliphatic rings. The Bertz CT molecular complexity index is 596. The fourth-order valence-corrected chi connectivity index (χ4v) is 2.59. The van der Waals surface area contributed by atoms with Gasteiger partial charge in [-0.2, -0.15) is 0 Å². The zero-order chi connectivity index (χ0) is 15.2. The number of halogens is 2. The van der Waals surface area contributed by atoms with Crippen LogP contribution in [0, 0.1) is 18.6 Å². The highest BCUT2D eigenvalue weighted by atomic mass is 19.1. The van der Waals surface area contributed by atoms with Crippen LogP contribution < -0.4 is 5.32 Å². The molecule has 1 nitrogen and oxygen atoms in total. The zero-order valence-electron chi connectivity index (χ0n) is 12.5. The molecule has 0 spiro atoms. The van der Waals surface area contributed by atoms with Gasteiger partial charge in [0.1, 0.15) is 11.6 Å². The van der Waals surface area contributed by atoms with Gasteiger partial charge in [0.15, 0.2) is 0 Å². The summed E-state index contributed by atoms with van der Waals surface area (Å²) in [5.74, 6) is -0.735. The number of hydrogen-bond acceptors (Lipinski definition) is 1. The molecule has 1 N–H and O–H groups in total. The van der Waals surface area contributed by atoms with Crippen LogP contribution in [0.5, 0.6) is 0 Å². The first-order chi connectivity index (χ1) is 10.1. The van der Waals surface area contributed by atoms with Crippen LogP contribution in [-0.2, 0) is 12.8 Å². The van der Waals surface area contributed by atoms with Crippen LogP contribution in [-0.4, -0.2) is 12.6 Å². The van der Waals surface area contributed by atoms with Crippen molar-refractivity contribution < 1.29 is 8.78 Å². The fraction of sp³-hybridized carbons (Fsp3) is 0.333. The molecule has 0 fully saturated rings. The number of likely N-dealkylation sites (N-methyl/N-ethyl adjacent to an activating group) is 1. The lowest BCUT2D eigenvalue weighted by atomic mass is 9.97. The second-order valence-corrected chi connectivity index (χ2v) is 5.39. The molecule has 0 aliphatic carbocycles. The molecule has 0 heterocycles. The van der Waals surface area contributed by atoms with Gasteiger partial charge in [-0.3, -0.25) is 0 Å². The van der Waals surface area contributed by atoms with Gasteiger partial charge in [-0.1, -0.05) is 36.8 Å². The standard InChI is InChI=1S/C18H21F2N/c1-3-21-17(10-14-6-4-5-13(2)9-14)12-15-11-16(19)7-8-18(15)20/h4-9,11,17,21H,3,10,12H2,1-2H3. The van der Waals surface area contributed by atoms with Crippen LogP contribution in [0.4, 0.5) is 8.78 Å². The largest absolute Gasteiger partial charge is 0.314 e. The van der Waals surface area contributed by atoms with Crippen molar-refractivity contribution in [3.63, 3.8) is 0 Å². The van der Waals surface area contributed by atoms with Gasteiger partial charge >= 0.3 is 0 Å². The van der Waals surface area contributed by atoms with Gasteiger partial charge in [0.05, 0.1) is 0 Å². The minimum Gasteiger partial charge on any atom is -0.314 e. The van der Waals surface area contributed by atoms with Gasteiger partial charge in [-0.15, -0.1) is 0 Å². The summed E-state index contributed by atoms with van der Waals surface area (Å²) in [6.45, 7) is 4.87. The Hall–Kier alpha value is -1.74. The number of benzene rings is 2. The molecule has 2 rings (SSSR count). The minimum absolute atomic E-state index is 0.0908. The van der Waals surface area contributed by atoms with E-state index in [1.807, 2.05) is 13.0 Å². The van der Waals surface area contributed by atoms with E-state index in [0.717, 1.165) is 19.0 Å². The van der Waals surface area contributed by atoms with Gasteiger partial charge in [0.2, 0.25) is 0 Å². The normalized spacial score (nSPS) is 12.4. The zero-order valence-corrected chi connectivity index (χ0v) is 12.5. The van der Waals surface area contributed by atoms with E-state index < -0.39 is 5.82 Å². The molecule has 0 aliphatic heterocycles. The van der Waals surface area contributed by atoms with Crippen molar-refractivity contribution in [2.24, 2.45) is 0 Å². The first kappa shape index (κ1) is 15.6. The quantitative estimate of drug-likeness (QED) is 0.846. The molecule has 0 saturated carbocycles. The summed E-state index contributed by atoms with van der Waals surface area (Å²) >= 11 is 0. The molecule has 0 saturated heterocycles. The average Bonchev–Trinajstić information content (AvgIpc) is 2.43. The van der Waals surface area contributed by atoms with E-state index in [-0.39, 0.29) is 11.9 Å². The maximum absolute atomic E-state index is 13.8. The Kier molecular flexibility index (Phi) is 5.45. The molecular weight excluding hydrogens is 268 g/mol. The number of nitrogens with one attached hydrogen (secondary N) is 1. The molecule has 21 heavy (non-hydrogen) atoms. The molecule has 0 aromatic heterocycles. The van der Waals surface area contributed by atoms with Gasteiger partial charge in [-0.25, -0.2) is 8.78 Å². The molecule has 112 valence electrons. The summed E-state index contributed by atoms with van der Waals surface area (Å²) in [7, 11) is 0. The first-order valence-corrected chi connectivity index (χ1v) is 7.31. The van der Waals surface area contributed by atoms with Crippen molar-refractivity contribution in [3.8, 4) is 0 Å². The Morgan fingerprint density at radius 2 is 1.86 bits per heavy atom. The lowest BCUT2D eigenvalue weighted by molar-refractivity contribution is 0.502. The SMILES string of the molecule is CCNC(Cc1cccc(C)c1)Cc1cc(F)ccc1F. The summed E-state index contributed by atoms with van der Waals surface area (Å²) in [6, 6.07) is 12.0. The third-order valence-electron chi connectivity index (χ3n) is 3.53. The van der Waals surface area contributed by atoms with E-state index in [9.17, 15) is 8.78 Å². The molecule has 1 atom stereocenters. The van der Waals surface area contributed by atoms with E-state index in [0.29, 0.717) is 12.0 Å². The van der Waals surface area contributed by atoms with Gasteiger partial charge in [0.25, 0.3) is 0 Å². The highest BCUT2D eigenvalue weighted by molar-refractivity contribution is 5.25. The summed E-state index contributed by atoms with van der Waals surface area (Å²) in [5.41, 5.74) is 2.84. The van der Waals surface area contributed by atoms with Crippen molar-refractivity contribution in [2.45, 2.75) is 32.7 Å². The predicted molar refractivity (Wildman–Crippen MR) is 82.4 cm³/mol. The molecule has 0 radical (unpaired) electrons. The average molecular weight is 289 g/mol. The van der Waals surface area contributed by atoms with Crippen LogP contribution in [0.25, 0.3) is 0 Å². The minimum atomic E-state index is -0.391. The van der Waals surface area contributed by atoms with Crippen LogP contribution in [0.3, 0.4) is 0 Å². The van der Waals surface area contributed by atoms with E-state index >= 15 is 0 Å². The van der Waals surface area contributed by atoms with Gasteiger partial charge < -0.3 is 5.32 Å². The summed E-state index contributed by atoms with van der Waals surface area (Å²) < 4.78 is 27.1. The highest BCUT2D eigenvalue weighted by Gasteiger charge is 2.13. The summed E-state index contributed by atoms with van der Waals surface area (Å²) in [4.78, 5) is 0. The van der Waals surface area contributed by atoms with Crippen LogP contribution in [0.15, 0.2) is 42.5 Å².